The van der Waals surface area contributed by atoms with Gasteiger partial charge in [0.25, 0.3) is 0 Å². The number of carbonyl (C=O) groups excluding carboxylic acids is 1. The summed E-state index contributed by atoms with van der Waals surface area (Å²) in [6, 6.07) is -0.936. The SMILES string of the molecule is CCC(O)(O)OC(=O)[C@@H](N)CCCN=C(N)N.Cl. The zero-order valence-electron chi connectivity index (χ0n) is 10.2. The lowest BCUT2D eigenvalue weighted by atomic mass is 10.2. The van der Waals surface area contributed by atoms with Crippen LogP contribution in [-0.4, -0.2) is 40.7 Å². The second-order valence-electron chi connectivity index (χ2n) is 3.57. The predicted molar refractivity (Wildman–Crippen MR) is 68.7 cm³/mol. The van der Waals surface area contributed by atoms with E-state index in [9.17, 15) is 4.79 Å². The lowest BCUT2D eigenvalue weighted by Crippen LogP contribution is -2.41. The number of guanidine groups is 1. The van der Waals surface area contributed by atoms with E-state index in [1.807, 2.05) is 0 Å². The highest BCUT2D eigenvalue weighted by atomic mass is 35.5. The minimum absolute atomic E-state index is 0. The summed E-state index contributed by atoms with van der Waals surface area (Å²) in [6.45, 7) is 1.80. The number of nitrogens with two attached hydrogens (primary N) is 3. The second-order valence-corrected chi connectivity index (χ2v) is 3.57. The number of nitrogens with zero attached hydrogens (tertiary/aromatic N) is 1. The van der Waals surface area contributed by atoms with Crippen molar-refractivity contribution >= 4 is 24.3 Å². The standard InChI is InChI=1S/C9H20N4O4.ClH/c1-2-9(15,16)17-7(14)6(10)4-3-5-13-8(11)12;/h6,15-16H,2-5,10H2,1H3,(H4,11,12,13);1H/t6-;/m0./s1. The molecule has 0 aliphatic carbocycles. The van der Waals surface area contributed by atoms with Gasteiger partial charge >= 0.3 is 11.9 Å². The minimum Gasteiger partial charge on any atom is -0.407 e. The Morgan fingerprint density at radius 1 is 1.44 bits per heavy atom. The lowest BCUT2D eigenvalue weighted by Gasteiger charge is -2.21. The normalized spacial score (nSPS) is 12.2. The first-order valence-electron chi connectivity index (χ1n) is 5.27. The molecule has 108 valence electrons. The van der Waals surface area contributed by atoms with Crippen molar-refractivity contribution in [2.24, 2.45) is 22.2 Å². The van der Waals surface area contributed by atoms with Crippen LogP contribution < -0.4 is 17.2 Å². The summed E-state index contributed by atoms with van der Waals surface area (Å²) in [5.74, 6) is -3.37. The number of esters is 1. The van der Waals surface area contributed by atoms with Crippen molar-refractivity contribution in [3.05, 3.63) is 0 Å². The average molecular weight is 285 g/mol. The van der Waals surface area contributed by atoms with E-state index in [0.717, 1.165) is 0 Å². The Labute approximate surface area is 112 Å². The number of hydrogen-bond acceptors (Lipinski definition) is 6. The van der Waals surface area contributed by atoms with Gasteiger partial charge in [-0.15, -0.1) is 12.4 Å². The van der Waals surface area contributed by atoms with E-state index < -0.39 is 18.0 Å². The van der Waals surface area contributed by atoms with Gasteiger partial charge in [-0.1, -0.05) is 6.92 Å². The van der Waals surface area contributed by atoms with Gasteiger partial charge in [0.15, 0.2) is 5.96 Å². The third-order valence-electron chi connectivity index (χ3n) is 1.99. The summed E-state index contributed by atoms with van der Waals surface area (Å²) in [7, 11) is 0. The van der Waals surface area contributed by atoms with Crippen molar-refractivity contribution in [1.29, 1.82) is 0 Å². The van der Waals surface area contributed by atoms with Crippen LogP contribution in [0, 0.1) is 0 Å². The third kappa shape index (κ3) is 8.99. The van der Waals surface area contributed by atoms with Crippen LogP contribution in [0.5, 0.6) is 0 Å². The Morgan fingerprint density at radius 3 is 2.44 bits per heavy atom. The third-order valence-corrected chi connectivity index (χ3v) is 1.99. The molecule has 9 heteroatoms. The summed E-state index contributed by atoms with van der Waals surface area (Å²) >= 11 is 0. The Kier molecular flexibility index (Phi) is 9.54. The first-order chi connectivity index (χ1) is 7.78. The fourth-order valence-electron chi connectivity index (χ4n) is 0.946. The molecular formula is C9H21ClN4O4. The number of aliphatic hydroxyl groups is 2. The molecule has 0 saturated carbocycles. The van der Waals surface area contributed by atoms with Gasteiger partial charge in [-0.3, -0.25) is 9.79 Å². The van der Waals surface area contributed by atoms with Gasteiger partial charge in [0.05, 0.1) is 0 Å². The topological polar surface area (TPSA) is 157 Å². The van der Waals surface area contributed by atoms with Gasteiger partial charge in [-0.25, -0.2) is 0 Å². The van der Waals surface area contributed by atoms with Crippen LogP contribution in [0.4, 0.5) is 0 Å². The van der Waals surface area contributed by atoms with Gasteiger partial charge in [-0.2, -0.15) is 0 Å². The summed E-state index contributed by atoms with van der Waals surface area (Å²) < 4.78 is 4.39. The molecule has 0 heterocycles. The molecule has 18 heavy (non-hydrogen) atoms. The highest BCUT2D eigenvalue weighted by molar-refractivity contribution is 5.85. The zero-order valence-corrected chi connectivity index (χ0v) is 11.0. The molecule has 0 aromatic rings. The van der Waals surface area contributed by atoms with Crippen LogP contribution in [-0.2, 0) is 9.53 Å². The van der Waals surface area contributed by atoms with Crippen molar-refractivity contribution in [2.45, 2.75) is 38.2 Å². The molecule has 8 nitrogen and oxygen atoms in total. The molecular weight excluding hydrogens is 264 g/mol. The maximum absolute atomic E-state index is 11.3. The quantitative estimate of drug-likeness (QED) is 0.124. The Hall–Kier alpha value is -1.09. The van der Waals surface area contributed by atoms with E-state index in [0.29, 0.717) is 13.0 Å². The van der Waals surface area contributed by atoms with Crippen molar-refractivity contribution in [1.82, 2.24) is 0 Å². The highest BCUT2D eigenvalue weighted by Crippen LogP contribution is 2.09. The summed E-state index contributed by atoms with van der Waals surface area (Å²) in [6.07, 6.45) is 0.638. The van der Waals surface area contributed by atoms with Gasteiger partial charge in [0.2, 0.25) is 0 Å². The second kappa shape index (κ2) is 8.92. The first-order valence-corrected chi connectivity index (χ1v) is 5.27. The van der Waals surface area contributed by atoms with Gasteiger partial charge < -0.3 is 32.2 Å². The first kappa shape index (κ1) is 19.3. The van der Waals surface area contributed by atoms with Crippen molar-refractivity contribution in [2.75, 3.05) is 6.54 Å². The molecule has 8 N–H and O–H groups in total. The van der Waals surface area contributed by atoms with Gasteiger partial charge in [-0.05, 0) is 12.8 Å². The van der Waals surface area contributed by atoms with Gasteiger partial charge in [0, 0.05) is 13.0 Å². The Balaban J connectivity index is 0. The van der Waals surface area contributed by atoms with E-state index >= 15 is 0 Å². The van der Waals surface area contributed by atoms with Gasteiger partial charge in [0.1, 0.15) is 6.04 Å². The monoisotopic (exact) mass is 284 g/mol. The molecule has 0 aromatic heterocycles. The molecule has 0 saturated heterocycles. The number of rotatable bonds is 7. The lowest BCUT2D eigenvalue weighted by molar-refractivity contribution is -0.320. The van der Waals surface area contributed by atoms with Crippen molar-refractivity contribution in [3.8, 4) is 0 Å². The fraction of sp³-hybridized carbons (Fsp3) is 0.778. The number of aliphatic imine (C=N–C) groups is 1. The van der Waals surface area contributed by atoms with E-state index in [-0.39, 0.29) is 31.2 Å². The van der Waals surface area contributed by atoms with Crippen LogP contribution in [0.2, 0.25) is 0 Å². The van der Waals surface area contributed by atoms with E-state index in [2.05, 4.69) is 9.73 Å². The van der Waals surface area contributed by atoms with Crippen molar-refractivity contribution in [3.63, 3.8) is 0 Å². The maximum Gasteiger partial charge on any atom is 0.327 e. The molecule has 0 rings (SSSR count). The minimum atomic E-state index is -2.46. The average Bonchev–Trinajstić information content (AvgIpc) is 2.23. The van der Waals surface area contributed by atoms with Crippen LogP contribution in [0.25, 0.3) is 0 Å². The highest BCUT2D eigenvalue weighted by Gasteiger charge is 2.28. The fourth-order valence-corrected chi connectivity index (χ4v) is 0.946. The molecule has 0 spiro atoms. The van der Waals surface area contributed by atoms with E-state index in [1.54, 1.807) is 0 Å². The molecule has 0 aliphatic heterocycles. The maximum atomic E-state index is 11.3. The van der Waals surface area contributed by atoms with Crippen molar-refractivity contribution < 1.29 is 19.7 Å². The molecule has 0 bridgehead atoms. The summed E-state index contributed by atoms with van der Waals surface area (Å²) in [4.78, 5) is 15.0. The number of ether oxygens (including phenoxy) is 1. The van der Waals surface area contributed by atoms with E-state index in [1.165, 1.54) is 6.92 Å². The number of carbonyl (C=O) groups is 1. The van der Waals surface area contributed by atoms with Crippen LogP contribution in [0.1, 0.15) is 26.2 Å². The molecule has 1 atom stereocenters. The molecule has 0 fully saturated rings. The molecule has 0 radical (unpaired) electrons. The number of halogens is 1. The molecule has 0 unspecified atom stereocenters. The molecule has 0 aromatic carbocycles. The predicted octanol–water partition coefficient (Wildman–Crippen LogP) is -1.62. The largest absolute Gasteiger partial charge is 0.407 e. The number of hydrogen-bond donors (Lipinski definition) is 5. The summed E-state index contributed by atoms with van der Waals surface area (Å²) in [5, 5.41) is 18.2. The summed E-state index contributed by atoms with van der Waals surface area (Å²) in [5.41, 5.74) is 15.7. The molecule has 0 amide bonds. The van der Waals surface area contributed by atoms with Crippen LogP contribution in [0.15, 0.2) is 4.99 Å². The zero-order chi connectivity index (χ0) is 13.5. The van der Waals surface area contributed by atoms with Crippen LogP contribution in [0.3, 0.4) is 0 Å². The molecule has 0 aliphatic rings. The Bertz CT molecular complexity index is 282. The van der Waals surface area contributed by atoms with E-state index in [4.69, 9.17) is 27.4 Å². The Morgan fingerprint density at radius 2 is 2.00 bits per heavy atom. The van der Waals surface area contributed by atoms with Crippen LogP contribution >= 0.6 is 12.4 Å². The smallest absolute Gasteiger partial charge is 0.327 e.